The Balaban J connectivity index is 0.000000720. The zero-order valence-corrected chi connectivity index (χ0v) is 9.78. The fourth-order valence-electron chi connectivity index (χ4n) is 0.962. The standard InChI is InChI=1S/C7H7N4.Y/c1-5-8-3-6-4-9-11(2)7(6)10-5;/h4H,1-2H3;/q-1;+3. The maximum absolute atomic E-state index is 4.19. The van der Waals surface area contributed by atoms with Gasteiger partial charge in [-0.2, -0.15) is 0 Å². The molecule has 0 amide bonds. The Hall–Kier alpha value is -0.346. The van der Waals surface area contributed by atoms with Gasteiger partial charge in [-0.05, 0) is 19.3 Å². The van der Waals surface area contributed by atoms with Gasteiger partial charge in [-0.3, -0.25) is 0 Å². The van der Waals surface area contributed by atoms with Crippen LogP contribution < -0.4 is 0 Å². The summed E-state index contributed by atoms with van der Waals surface area (Å²) in [5, 5.41) is 4.88. The van der Waals surface area contributed by atoms with E-state index in [1.54, 1.807) is 10.9 Å². The molecule has 0 unspecified atom stereocenters. The molecule has 0 saturated carbocycles. The normalized spacial score (nSPS) is 9.83. The predicted octanol–water partition coefficient (Wildman–Crippen LogP) is 0.469. The Morgan fingerprint density at radius 3 is 3.00 bits per heavy atom. The molecule has 2 heterocycles. The summed E-state index contributed by atoms with van der Waals surface area (Å²) < 4.78 is 1.71. The van der Waals surface area contributed by atoms with Crippen LogP contribution in [0.4, 0.5) is 0 Å². The van der Waals surface area contributed by atoms with Crippen LogP contribution in [0.3, 0.4) is 0 Å². The van der Waals surface area contributed by atoms with Crippen LogP contribution in [0.2, 0.25) is 0 Å². The van der Waals surface area contributed by atoms with E-state index in [2.05, 4.69) is 21.3 Å². The molecule has 0 aliphatic heterocycles. The van der Waals surface area contributed by atoms with Gasteiger partial charge in [-0.15, -0.1) is 0 Å². The first-order chi connectivity index (χ1) is 5.27. The zero-order valence-electron chi connectivity index (χ0n) is 6.94. The molecular weight excluding hydrogens is 229 g/mol. The monoisotopic (exact) mass is 236 g/mol. The molecule has 0 aliphatic rings. The van der Waals surface area contributed by atoms with Gasteiger partial charge >= 0.3 is 32.7 Å². The molecule has 0 aromatic carbocycles. The number of hydrogen-bond acceptors (Lipinski definition) is 3. The van der Waals surface area contributed by atoms with Crippen LogP contribution in [-0.4, -0.2) is 19.7 Å². The first-order valence-corrected chi connectivity index (χ1v) is 3.31. The van der Waals surface area contributed by atoms with Gasteiger partial charge in [0, 0.05) is 12.9 Å². The van der Waals surface area contributed by atoms with Crippen molar-refractivity contribution >= 4 is 11.0 Å². The van der Waals surface area contributed by atoms with E-state index >= 15 is 0 Å². The van der Waals surface area contributed by atoms with Gasteiger partial charge < -0.3 is 14.6 Å². The number of hydrogen-bond donors (Lipinski definition) is 0. The second-order valence-electron chi connectivity index (χ2n) is 2.39. The summed E-state index contributed by atoms with van der Waals surface area (Å²) in [6, 6.07) is 0. The first-order valence-electron chi connectivity index (χ1n) is 3.31. The van der Waals surface area contributed by atoms with Gasteiger partial charge in [0.05, 0.1) is 5.65 Å². The van der Waals surface area contributed by atoms with Crippen LogP contribution in [0.1, 0.15) is 5.82 Å². The van der Waals surface area contributed by atoms with Crippen molar-refractivity contribution in [1.82, 2.24) is 19.7 Å². The Labute approximate surface area is 95.3 Å². The maximum atomic E-state index is 4.19. The molecule has 2 rings (SSSR count). The third-order valence-electron chi connectivity index (χ3n) is 1.51. The maximum Gasteiger partial charge on any atom is 3.00 e. The minimum Gasteiger partial charge on any atom is -0.338 e. The van der Waals surface area contributed by atoms with Gasteiger partial charge in [-0.25, -0.2) is 5.10 Å². The van der Waals surface area contributed by atoms with Gasteiger partial charge in [0.2, 0.25) is 0 Å². The molecule has 2 aromatic heterocycles. The van der Waals surface area contributed by atoms with E-state index in [9.17, 15) is 0 Å². The van der Waals surface area contributed by atoms with Crippen molar-refractivity contribution < 1.29 is 32.7 Å². The smallest absolute Gasteiger partial charge is 0.338 e. The molecular formula is C7H7N4Y+2. The molecule has 12 heavy (non-hydrogen) atoms. The van der Waals surface area contributed by atoms with Gasteiger partial charge in [0.15, 0.2) is 0 Å². The Bertz CT molecular complexity index is 395. The number of aryl methyl sites for hydroxylation is 2. The van der Waals surface area contributed by atoms with Crippen molar-refractivity contribution in [3.63, 3.8) is 0 Å². The van der Waals surface area contributed by atoms with Crippen LogP contribution >= 0.6 is 0 Å². The predicted molar refractivity (Wildman–Crippen MR) is 39.9 cm³/mol. The molecule has 0 N–H and O–H groups in total. The van der Waals surface area contributed by atoms with Crippen molar-refractivity contribution in [2.45, 2.75) is 6.92 Å². The van der Waals surface area contributed by atoms with E-state index in [0.29, 0.717) is 0 Å². The zero-order chi connectivity index (χ0) is 7.84. The summed E-state index contributed by atoms with van der Waals surface area (Å²) in [6.45, 7) is 1.84. The fourth-order valence-corrected chi connectivity index (χ4v) is 0.962. The quantitative estimate of drug-likeness (QED) is 0.624. The summed E-state index contributed by atoms with van der Waals surface area (Å²) in [5.74, 6) is 0.723. The second kappa shape index (κ2) is 3.58. The van der Waals surface area contributed by atoms with Crippen LogP contribution in [0.5, 0.6) is 0 Å². The average molecular weight is 236 g/mol. The summed E-state index contributed by atoms with van der Waals surface area (Å²) >= 11 is 0. The summed E-state index contributed by atoms with van der Waals surface area (Å²) in [7, 11) is 1.85. The van der Waals surface area contributed by atoms with E-state index in [1.807, 2.05) is 14.0 Å². The van der Waals surface area contributed by atoms with Gasteiger partial charge in [0.25, 0.3) is 0 Å². The molecule has 0 aliphatic carbocycles. The third-order valence-corrected chi connectivity index (χ3v) is 1.51. The molecule has 0 spiro atoms. The molecule has 0 saturated heterocycles. The van der Waals surface area contributed by atoms with Gasteiger partial charge in [-0.1, -0.05) is 5.39 Å². The number of rotatable bonds is 0. The molecule has 2 aromatic rings. The molecule has 4 nitrogen and oxygen atoms in total. The van der Waals surface area contributed by atoms with E-state index in [4.69, 9.17) is 0 Å². The summed E-state index contributed by atoms with van der Waals surface area (Å²) in [4.78, 5) is 8.12. The molecule has 0 radical (unpaired) electrons. The van der Waals surface area contributed by atoms with Crippen molar-refractivity contribution in [3.05, 3.63) is 18.2 Å². The molecule has 5 heteroatoms. The van der Waals surface area contributed by atoms with Gasteiger partial charge in [0.1, 0.15) is 0 Å². The second-order valence-corrected chi connectivity index (χ2v) is 2.39. The molecule has 0 atom stereocenters. The third kappa shape index (κ3) is 1.54. The van der Waals surface area contributed by atoms with Crippen molar-refractivity contribution in [1.29, 1.82) is 0 Å². The topological polar surface area (TPSA) is 43.6 Å². The Kier molecular flexibility index (Phi) is 2.91. The Morgan fingerprint density at radius 2 is 2.25 bits per heavy atom. The average Bonchev–Trinajstić information content (AvgIpc) is 2.33. The van der Waals surface area contributed by atoms with E-state index in [0.717, 1.165) is 16.9 Å². The number of fused-ring (bicyclic) bond motifs is 1. The van der Waals surface area contributed by atoms with Crippen LogP contribution in [0.15, 0.2) is 6.20 Å². The fraction of sp³-hybridized carbons (Fsp3) is 0.286. The summed E-state index contributed by atoms with van der Waals surface area (Å²) in [5.41, 5.74) is 0.831. The number of aromatic nitrogens is 4. The minimum atomic E-state index is 0. The first kappa shape index (κ1) is 9.74. The van der Waals surface area contributed by atoms with E-state index < -0.39 is 0 Å². The van der Waals surface area contributed by atoms with Crippen LogP contribution in [0.25, 0.3) is 11.0 Å². The largest absolute Gasteiger partial charge is 3.00 e. The molecule has 0 bridgehead atoms. The SMILES string of the molecule is Cc1n[c-]c2cnn(C)c2n1.[Y+3]. The summed E-state index contributed by atoms with van der Waals surface area (Å²) in [6.07, 6.45) is 4.55. The van der Waals surface area contributed by atoms with E-state index in [1.165, 1.54) is 0 Å². The van der Waals surface area contributed by atoms with Crippen LogP contribution in [0, 0.1) is 13.1 Å². The van der Waals surface area contributed by atoms with Crippen molar-refractivity contribution in [2.24, 2.45) is 7.05 Å². The van der Waals surface area contributed by atoms with Crippen molar-refractivity contribution in [3.8, 4) is 0 Å². The molecule has 0 fully saturated rings. The number of nitrogens with zero attached hydrogens (tertiary/aromatic N) is 4. The van der Waals surface area contributed by atoms with E-state index in [-0.39, 0.29) is 32.7 Å². The Morgan fingerprint density at radius 1 is 1.50 bits per heavy atom. The minimum absolute atomic E-state index is 0. The van der Waals surface area contributed by atoms with Crippen molar-refractivity contribution in [2.75, 3.05) is 0 Å². The van der Waals surface area contributed by atoms with Crippen LogP contribution in [-0.2, 0) is 39.8 Å². The molecule has 56 valence electrons.